The topological polar surface area (TPSA) is 50.9 Å². The molecule has 54 valence electrons. The highest BCUT2D eigenvalue weighted by molar-refractivity contribution is 5.88. The third kappa shape index (κ3) is 2.81. The number of nitrogens with zero attached hydrogens (tertiary/aromatic N) is 1. The van der Waals surface area contributed by atoms with E-state index in [0.717, 1.165) is 6.34 Å². The maximum atomic E-state index is 7.12. The summed E-state index contributed by atoms with van der Waals surface area (Å²) in [6, 6.07) is 0. The van der Waals surface area contributed by atoms with Gasteiger partial charge in [-0.2, -0.15) is 0 Å². The van der Waals surface area contributed by atoms with E-state index in [-0.39, 0.29) is 0 Å². The van der Waals surface area contributed by atoms with E-state index in [1.54, 1.807) is 25.3 Å². The molecule has 0 aromatic heterocycles. The second-order valence-electron chi connectivity index (χ2n) is 1.70. The average Bonchev–Trinajstić information content (AvgIpc) is 1.89. The lowest BCUT2D eigenvalue weighted by atomic mass is 10.5. The highest BCUT2D eigenvalue weighted by atomic mass is 15.1. The quantitative estimate of drug-likeness (QED) is 0.346. The predicted molar refractivity (Wildman–Crippen MR) is 43.4 cm³/mol. The van der Waals surface area contributed by atoms with Gasteiger partial charge in [-0.25, -0.2) is 0 Å². The molecule has 3 heteroatoms. The summed E-state index contributed by atoms with van der Waals surface area (Å²) in [5, 5.41) is 14.0. The minimum absolute atomic E-state index is 0.313. The van der Waals surface area contributed by atoms with Gasteiger partial charge >= 0.3 is 0 Å². The lowest BCUT2D eigenvalue weighted by Crippen LogP contribution is -2.19. The van der Waals surface area contributed by atoms with Gasteiger partial charge in [-0.1, -0.05) is 12.7 Å². The van der Waals surface area contributed by atoms with Crippen LogP contribution >= 0.6 is 0 Å². The molecule has 0 aliphatic carbocycles. The summed E-state index contributed by atoms with van der Waals surface area (Å²) in [4.78, 5) is 1.38. The normalized spacial score (nSPS) is 9.30. The summed E-state index contributed by atoms with van der Waals surface area (Å²) >= 11 is 0. The van der Waals surface area contributed by atoms with Gasteiger partial charge < -0.3 is 0 Å². The summed E-state index contributed by atoms with van der Waals surface area (Å²) in [5.74, 6) is 0.313. The maximum Gasteiger partial charge on any atom is 0.102 e. The molecule has 0 amide bonds. The maximum absolute atomic E-state index is 7.12. The van der Waals surface area contributed by atoms with Crippen LogP contribution in [0.3, 0.4) is 0 Å². The molecule has 0 aromatic rings. The van der Waals surface area contributed by atoms with E-state index in [0.29, 0.717) is 5.84 Å². The van der Waals surface area contributed by atoms with Crippen LogP contribution in [-0.4, -0.2) is 17.1 Å². The number of nitrogens with one attached hydrogen (secondary N) is 2. The SMILES string of the molecule is C=C/C=C\N(C=N)C(C)=N. The molecule has 0 radical (unpaired) electrons. The Hall–Kier alpha value is -1.38. The zero-order chi connectivity index (χ0) is 7.98. The van der Waals surface area contributed by atoms with Crippen LogP contribution in [-0.2, 0) is 0 Å². The molecule has 0 atom stereocenters. The van der Waals surface area contributed by atoms with Crippen molar-refractivity contribution in [3.8, 4) is 0 Å². The molecule has 0 fully saturated rings. The standard InChI is InChI=1S/C7H11N3/c1-3-4-5-10(6-8)7(2)9/h3-6,8-9H,1H2,2H3/b5-4-,8-6?,9-7?. The fourth-order valence-corrected chi connectivity index (χ4v) is 0.405. The van der Waals surface area contributed by atoms with Crippen molar-refractivity contribution >= 4 is 12.2 Å². The first-order valence-electron chi connectivity index (χ1n) is 2.85. The van der Waals surface area contributed by atoms with Crippen LogP contribution in [0.25, 0.3) is 0 Å². The molecular formula is C7H11N3. The highest BCUT2D eigenvalue weighted by Gasteiger charge is 1.92. The Balaban J connectivity index is 4.07. The van der Waals surface area contributed by atoms with E-state index in [2.05, 4.69) is 6.58 Å². The Labute approximate surface area is 60.7 Å². The first kappa shape index (κ1) is 8.62. The monoisotopic (exact) mass is 137 g/mol. The van der Waals surface area contributed by atoms with Gasteiger partial charge in [0.15, 0.2) is 0 Å². The smallest absolute Gasteiger partial charge is 0.102 e. The third-order valence-corrected chi connectivity index (χ3v) is 0.909. The van der Waals surface area contributed by atoms with Gasteiger partial charge in [0.05, 0.1) is 6.34 Å². The molecule has 10 heavy (non-hydrogen) atoms. The van der Waals surface area contributed by atoms with Crippen LogP contribution in [0.1, 0.15) is 6.92 Å². The first-order chi connectivity index (χ1) is 4.72. The minimum Gasteiger partial charge on any atom is -0.297 e. The van der Waals surface area contributed by atoms with E-state index < -0.39 is 0 Å². The average molecular weight is 137 g/mol. The second-order valence-corrected chi connectivity index (χ2v) is 1.70. The molecule has 0 rings (SSSR count). The number of rotatable bonds is 3. The Kier molecular flexibility index (Phi) is 3.87. The van der Waals surface area contributed by atoms with E-state index >= 15 is 0 Å². The minimum atomic E-state index is 0.313. The molecule has 0 heterocycles. The van der Waals surface area contributed by atoms with Crippen molar-refractivity contribution in [3.05, 3.63) is 24.9 Å². The molecule has 0 aliphatic heterocycles. The van der Waals surface area contributed by atoms with Crippen molar-refractivity contribution in [3.63, 3.8) is 0 Å². The predicted octanol–water partition coefficient (Wildman–Crippen LogP) is 1.59. The summed E-state index contributed by atoms with van der Waals surface area (Å²) in [6.45, 7) is 5.08. The molecule has 2 N–H and O–H groups in total. The number of amidine groups is 1. The summed E-state index contributed by atoms with van der Waals surface area (Å²) in [6.07, 6.45) is 5.94. The third-order valence-electron chi connectivity index (χ3n) is 0.909. The van der Waals surface area contributed by atoms with Crippen LogP contribution in [0.15, 0.2) is 24.9 Å². The first-order valence-corrected chi connectivity index (χ1v) is 2.85. The van der Waals surface area contributed by atoms with Crippen molar-refractivity contribution in [1.82, 2.24) is 4.90 Å². The molecule has 3 nitrogen and oxygen atoms in total. The molecule has 0 aromatic carbocycles. The summed E-state index contributed by atoms with van der Waals surface area (Å²) in [7, 11) is 0. The van der Waals surface area contributed by atoms with Gasteiger partial charge in [0.1, 0.15) is 5.84 Å². The van der Waals surface area contributed by atoms with Crippen molar-refractivity contribution in [2.75, 3.05) is 0 Å². The zero-order valence-electron chi connectivity index (χ0n) is 5.96. The van der Waals surface area contributed by atoms with E-state index in [4.69, 9.17) is 10.8 Å². The number of hydrogen-bond acceptors (Lipinski definition) is 2. The Morgan fingerprint density at radius 1 is 1.60 bits per heavy atom. The zero-order valence-corrected chi connectivity index (χ0v) is 5.96. The molecule has 0 aliphatic rings. The lowest BCUT2D eigenvalue weighted by Gasteiger charge is -2.09. The molecular weight excluding hydrogens is 126 g/mol. The summed E-state index contributed by atoms with van der Waals surface area (Å²) in [5.41, 5.74) is 0. The molecule has 0 saturated heterocycles. The van der Waals surface area contributed by atoms with Crippen molar-refractivity contribution in [2.45, 2.75) is 6.92 Å². The fraction of sp³-hybridized carbons (Fsp3) is 0.143. The number of allylic oxidation sites excluding steroid dienone is 2. The largest absolute Gasteiger partial charge is 0.297 e. The van der Waals surface area contributed by atoms with Crippen LogP contribution in [0.2, 0.25) is 0 Å². The Bertz CT molecular complexity index is 170. The van der Waals surface area contributed by atoms with Crippen LogP contribution in [0.5, 0.6) is 0 Å². The highest BCUT2D eigenvalue weighted by Crippen LogP contribution is 1.86. The second kappa shape index (κ2) is 4.49. The van der Waals surface area contributed by atoms with Crippen molar-refractivity contribution in [2.24, 2.45) is 0 Å². The van der Waals surface area contributed by atoms with Crippen molar-refractivity contribution in [1.29, 1.82) is 10.8 Å². The van der Waals surface area contributed by atoms with Crippen molar-refractivity contribution < 1.29 is 0 Å². The molecule has 0 bridgehead atoms. The van der Waals surface area contributed by atoms with Crippen LogP contribution < -0.4 is 0 Å². The van der Waals surface area contributed by atoms with Gasteiger partial charge in [-0.3, -0.25) is 15.7 Å². The lowest BCUT2D eigenvalue weighted by molar-refractivity contribution is 0.831. The molecule has 0 spiro atoms. The van der Waals surface area contributed by atoms with E-state index in [1.807, 2.05) is 0 Å². The van der Waals surface area contributed by atoms with Gasteiger partial charge in [-0.15, -0.1) is 0 Å². The van der Waals surface area contributed by atoms with Gasteiger partial charge in [0.2, 0.25) is 0 Å². The fourth-order valence-electron chi connectivity index (χ4n) is 0.405. The number of hydrogen-bond donors (Lipinski definition) is 2. The molecule has 0 unspecified atom stereocenters. The van der Waals surface area contributed by atoms with Crippen LogP contribution in [0, 0.1) is 10.8 Å². The van der Waals surface area contributed by atoms with Crippen LogP contribution in [0.4, 0.5) is 0 Å². The molecule has 0 saturated carbocycles. The van der Waals surface area contributed by atoms with Gasteiger partial charge in [0, 0.05) is 6.20 Å². The van der Waals surface area contributed by atoms with E-state index in [9.17, 15) is 0 Å². The Morgan fingerprint density at radius 3 is 2.50 bits per heavy atom. The summed E-state index contributed by atoms with van der Waals surface area (Å²) < 4.78 is 0. The Morgan fingerprint density at radius 2 is 2.20 bits per heavy atom. The van der Waals surface area contributed by atoms with E-state index in [1.165, 1.54) is 4.90 Å². The van der Waals surface area contributed by atoms with Gasteiger partial charge in [0.25, 0.3) is 0 Å². The van der Waals surface area contributed by atoms with Gasteiger partial charge in [-0.05, 0) is 13.0 Å².